The predicted molar refractivity (Wildman–Crippen MR) is 67.5 cm³/mol. The number of phenolic OH excluding ortho intramolecular Hbond substituents is 1. The third-order valence-electron chi connectivity index (χ3n) is 2.42. The van der Waals surface area contributed by atoms with Gasteiger partial charge in [0.15, 0.2) is 11.5 Å². The lowest BCUT2D eigenvalue weighted by molar-refractivity contribution is 0.0701. The number of ether oxygens (including phenoxy) is 1. The van der Waals surface area contributed by atoms with E-state index < -0.39 is 5.97 Å². The molecule has 0 saturated heterocycles. The molecule has 1 aromatic carbocycles. The summed E-state index contributed by atoms with van der Waals surface area (Å²) in [5.74, 6) is -0.618. The van der Waals surface area contributed by atoms with E-state index in [1.54, 1.807) is 19.1 Å². The molecule has 94 valence electrons. The number of methoxy groups -OCH3 is 1. The van der Waals surface area contributed by atoms with Crippen LogP contribution in [0.4, 0.5) is 0 Å². The molecule has 18 heavy (non-hydrogen) atoms. The molecule has 0 saturated carbocycles. The zero-order chi connectivity index (χ0) is 13.3. The number of aromatic carboxylic acids is 1. The zero-order valence-electron chi connectivity index (χ0n) is 9.80. The summed E-state index contributed by atoms with van der Waals surface area (Å²) in [5.41, 5.74) is 1.19. The fourth-order valence-electron chi connectivity index (χ4n) is 1.53. The van der Waals surface area contributed by atoms with Gasteiger partial charge in [0.2, 0.25) is 0 Å². The van der Waals surface area contributed by atoms with Crippen molar-refractivity contribution in [2.45, 2.75) is 6.92 Å². The van der Waals surface area contributed by atoms with E-state index >= 15 is 0 Å². The van der Waals surface area contributed by atoms with Crippen LogP contribution < -0.4 is 4.74 Å². The molecule has 6 heteroatoms. The molecule has 1 heterocycles. The average Bonchev–Trinajstić information content (AvgIpc) is 2.72. The zero-order valence-corrected chi connectivity index (χ0v) is 10.6. The van der Waals surface area contributed by atoms with Gasteiger partial charge in [0.1, 0.15) is 9.88 Å². The molecule has 0 bridgehead atoms. The number of aryl methyl sites for hydroxylation is 1. The third-order valence-corrected chi connectivity index (χ3v) is 3.61. The molecule has 0 amide bonds. The number of nitrogens with zero attached hydrogens (tertiary/aromatic N) is 1. The van der Waals surface area contributed by atoms with E-state index in [9.17, 15) is 9.90 Å². The van der Waals surface area contributed by atoms with E-state index in [4.69, 9.17) is 9.84 Å². The Morgan fingerprint density at radius 1 is 1.44 bits per heavy atom. The number of aromatic nitrogens is 1. The van der Waals surface area contributed by atoms with E-state index in [0.29, 0.717) is 22.0 Å². The van der Waals surface area contributed by atoms with Crippen LogP contribution in [0.3, 0.4) is 0 Å². The molecule has 2 N–H and O–H groups in total. The first-order valence-electron chi connectivity index (χ1n) is 5.11. The van der Waals surface area contributed by atoms with Crippen molar-refractivity contribution < 1.29 is 19.7 Å². The molecule has 0 aliphatic heterocycles. The van der Waals surface area contributed by atoms with Crippen molar-refractivity contribution in [3.63, 3.8) is 0 Å². The first kappa shape index (κ1) is 12.4. The van der Waals surface area contributed by atoms with E-state index in [1.165, 1.54) is 13.2 Å². The van der Waals surface area contributed by atoms with Crippen molar-refractivity contribution in [2.75, 3.05) is 7.11 Å². The highest BCUT2D eigenvalue weighted by Crippen LogP contribution is 2.34. The fraction of sp³-hybridized carbons (Fsp3) is 0.167. The summed E-state index contributed by atoms with van der Waals surface area (Å²) in [5, 5.41) is 19.1. The summed E-state index contributed by atoms with van der Waals surface area (Å²) < 4.78 is 5.00. The molecule has 0 atom stereocenters. The van der Waals surface area contributed by atoms with Crippen LogP contribution in [0.5, 0.6) is 11.5 Å². The predicted octanol–water partition coefficient (Wildman–Crippen LogP) is 2.53. The van der Waals surface area contributed by atoms with Gasteiger partial charge in [-0.3, -0.25) is 0 Å². The minimum absolute atomic E-state index is 0.0352. The third kappa shape index (κ3) is 2.14. The molecular weight excluding hydrogens is 254 g/mol. The van der Waals surface area contributed by atoms with Crippen molar-refractivity contribution in [1.29, 1.82) is 0 Å². The molecule has 0 fully saturated rings. The maximum absolute atomic E-state index is 10.9. The molecule has 2 aromatic rings. The van der Waals surface area contributed by atoms with E-state index in [1.807, 2.05) is 0 Å². The van der Waals surface area contributed by atoms with Crippen LogP contribution in [-0.2, 0) is 0 Å². The second kappa shape index (κ2) is 4.66. The summed E-state index contributed by atoms with van der Waals surface area (Å²) in [6.45, 7) is 1.65. The fourth-order valence-corrected chi connectivity index (χ4v) is 2.43. The SMILES string of the molecule is COc1cc(-c2nc(C)c(C(=O)O)s2)ccc1O. The van der Waals surface area contributed by atoms with Gasteiger partial charge in [0.25, 0.3) is 0 Å². The number of benzene rings is 1. The van der Waals surface area contributed by atoms with Crippen LogP contribution in [0, 0.1) is 6.92 Å². The van der Waals surface area contributed by atoms with Gasteiger partial charge in [-0.25, -0.2) is 9.78 Å². The summed E-state index contributed by atoms with van der Waals surface area (Å²) in [4.78, 5) is 15.4. The van der Waals surface area contributed by atoms with Gasteiger partial charge in [-0.2, -0.15) is 0 Å². The number of carboxylic acids is 1. The van der Waals surface area contributed by atoms with Gasteiger partial charge in [0, 0.05) is 5.56 Å². The maximum Gasteiger partial charge on any atom is 0.347 e. The maximum atomic E-state index is 10.9. The topological polar surface area (TPSA) is 79.7 Å². The highest BCUT2D eigenvalue weighted by Gasteiger charge is 2.15. The Labute approximate surface area is 107 Å². The van der Waals surface area contributed by atoms with Gasteiger partial charge in [-0.15, -0.1) is 11.3 Å². The van der Waals surface area contributed by atoms with Crippen LogP contribution >= 0.6 is 11.3 Å². The number of phenols is 1. The second-order valence-corrected chi connectivity index (χ2v) is 4.62. The molecule has 0 aliphatic rings. The van der Waals surface area contributed by atoms with Crippen LogP contribution in [0.25, 0.3) is 10.6 Å². The van der Waals surface area contributed by atoms with Gasteiger partial charge >= 0.3 is 5.97 Å². The Hall–Kier alpha value is -2.08. The lowest BCUT2D eigenvalue weighted by Crippen LogP contribution is -1.94. The minimum atomic E-state index is -0.984. The quantitative estimate of drug-likeness (QED) is 0.891. The monoisotopic (exact) mass is 265 g/mol. The summed E-state index contributed by atoms with van der Waals surface area (Å²) >= 11 is 1.10. The Morgan fingerprint density at radius 3 is 2.72 bits per heavy atom. The van der Waals surface area contributed by atoms with Gasteiger partial charge in [-0.1, -0.05) is 0 Å². The molecular formula is C12H11NO4S. The van der Waals surface area contributed by atoms with Crippen molar-refractivity contribution in [3.05, 3.63) is 28.8 Å². The van der Waals surface area contributed by atoms with Gasteiger partial charge < -0.3 is 14.9 Å². The highest BCUT2D eigenvalue weighted by atomic mass is 32.1. The first-order chi connectivity index (χ1) is 8.52. The minimum Gasteiger partial charge on any atom is -0.504 e. The van der Waals surface area contributed by atoms with Crippen molar-refractivity contribution in [2.24, 2.45) is 0 Å². The van der Waals surface area contributed by atoms with Crippen LogP contribution in [0.15, 0.2) is 18.2 Å². The second-order valence-electron chi connectivity index (χ2n) is 3.63. The number of hydrogen-bond donors (Lipinski definition) is 2. The molecule has 0 aliphatic carbocycles. The lowest BCUT2D eigenvalue weighted by Gasteiger charge is -2.04. The van der Waals surface area contributed by atoms with E-state index in [2.05, 4.69) is 4.98 Å². The van der Waals surface area contributed by atoms with Crippen molar-refractivity contribution in [3.8, 4) is 22.1 Å². The normalized spacial score (nSPS) is 10.3. The molecule has 1 aromatic heterocycles. The number of aromatic hydroxyl groups is 1. The van der Waals surface area contributed by atoms with Crippen LogP contribution in [0.1, 0.15) is 15.4 Å². The Balaban J connectivity index is 2.49. The van der Waals surface area contributed by atoms with E-state index in [-0.39, 0.29) is 10.6 Å². The summed E-state index contributed by atoms with van der Waals surface area (Å²) in [7, 11) is 1.45. The number of hydrogen-bond acceptors (Lipinski definition) is 5. The molecule has 0 unspecified atom stereocenters. The largest absolute Gasteiger partial charge is 0.504 e. The number of rotatable bonds is 3. The number of thiazole rings is 1. The Bertz CT molecular complexity index is 606. The average molecular weight is 265 g/mol. The molecule has 0 radical (unpaired) electrons. The highest BCUT2D eigenvalue weighted by molar-refractivity contribution is 7.17. The standard InChI is InChI=1S/C12H11NO4S/c1-6-10(12(15)16)18-11(13-6)7-3-4-8(14)9(5-7)17-2/h3-5,14H,1-2H3,(H,15,16). The van der Waals surface area contributed by atoms with Crippen molar-refractivity contribution in [1.82, 2.24) is 4.98 Å². The smallest absolute Gasteiger partial charge is 0.347 e. The number of carbonyl (C=O) groups is 1. The van der Waals surface area contributed by atoms with Crippen LogP contribution in [-0.4, -0.2) is 28.3 Å². The van der Waals surface area contributed by atoms with Crippen LogP contribution in [0.2, 0.25) is 0 Å². The van der Waals surface area contributed by atoms with Gasteiger partial charge in [0.05, 0.1) is 12.8 Å². The summed E-state index contributed by atoms with van der Waals surface area (Å²) in [6.07, 6.45) is 0. The Kier molecular flexibility index (Phi) is 3.20. The van der Waals surface area contributed by atoms with E-state index in [0.717, 1.165) is 11.3 Å². The molecule has 2 rings (SSSR count). The number of carboxylic acid groups (broad SMARTS) is 1. The Morgan fingerprint density at radius 2 is 2.17 bits per heavy atom. The van der Waals surface area contributed by atoms with Crippen molar-refractivity contribution >= 4 is 17.3 Å². The molecule has 5 nitrogen and oxygen atoms in total. The first-order valence-corrected chi connectivity index (χ1v) is 5.92. The molecule has 0 spiro atoms. The van der Waals surface area contributed by atoms with Gasteiger partial charge in [-0.05, 0) is 25.1 Å². The summed E-state index contributed by atoms with van der Waals surface area (Å²) in [6, 6.07) is 4.78. The lowest BCUT2D eigenvalue weighted by atomic mass is 10.2.